The number of hydrogen-bond donors (Lipinski definition) is 0. The zero-order chi connectivity index (χ0) is 34.5. The van der Waals surface area contributed by atoms with Crippen LogP contribution < -0.4 is 10.1 Å². The van der Waals surface area contributed by atoms with Crippen molar-refractivity contribution >= 4 is 50.6 Å². The molecule has 3 heterocycles. The van der Waals surface area contributed by atoms with E-state index in [0.717, 1.165) is 54.7 Å². The molecule has 0 bridgehead atoms. The maximum atomic E-state index is 5.02. The van der Waals surface area contributed by atoms with Gasteiger partial charge in [-0.1, -0.05) is 90.4 Å². The van der Waals surface area contributed by atoms with Gasteiger partial charge in [-0.05, 0) is 78.7 Å². The van der Waals surface area contributed by atoms with Crippen molar-refractivity contribution in [1.29, 1.82) is 0 Å². The van der Waals surface area contributed by atoms with Gasteiger partial charge < -0.3 is 4.57 Å². The molecule has 7 heteroatoms. The Hall–Kier alpha value is -5.13. The average molecular weight is 875 g/mol. The Morgan fingerprint density at radius 3 is 2.12 bits per heavy atom. The molecule has 0 saturated heterocycles. The number of aromatic nitrogens is 2. The first-order chi connectivity index (χ1) is 24.9. The molecule has 6 aromatic carbocycles. The predicted molar refractivity (Wildman–Crippen MR) is 210 cm³/mol. The maximum absolute atomic E-state index is 5.02. The molecule has 0 unspecified atom stereocenters. The first-order valence-electron chi connectivity index (χ1n) is 17.1. The summed E-state index contributed by atoms with van der Waals surface area (Å²) in [5.74, 6) is 0.853. The molecule has 258 valence electrons. The number of anilines is 3. The summed E-state index contributed by atoms with van der Waals surface area (Å²) in [6.45, 7) is 6.52. The standard InChI is InChI=1S/C45H34N4OS.Pt/c1-45(2,3)49-42-23-12-11-22-41(42)48(50-49)33-16-13-17-34(29-33)51-35-24-25-39-38-20-9-10-21-40(38)47(43(39)30-35)44-28-32(26-27-46-44)37-19-8-7-18-36(37)31-14-5-4-6-15-31;/h4-28H,1-3H3;/q-2;/p+1. The van der Waals surface area contributed by atoms with Gasteiger partial charge in [0, 0.05) is 38.5 Å². The van der Waals surface area contributed by atoms with Crippen LogP contribution in [0.25, 0.3) is 49.9 Å². The van der Waals surface area contributed by atoms with E-state index >= 15 is 0 Å². The Bertz CT molecular complexity index is 2560. The molecule has 1 N–H and O–H groups in total. The van der Waals surface area contributed by atoms with Gasteiger partial charge >= 0.3 is 0 Å². The summed E-state index contributed by atoms with van der Waals surface area (Å²) in [6, 6.07) is 58.3. The number of hydrogen-bond acceptors (Lipinski definition) is 4. The summed E-state index contributed by atoms with van der Waals surface area (Å²) in [5.41, 5.74) is 9.61. The van der Waals surface area contributed by atoms with Gasteiger partial charge in [-0.3, -0.25) is 0 Å². The van der Waals surface area contributed by atoms with Gasteiger partial charge in [-0.2, -0.15) is 29.2 Å². The number of fused-ring (bicyclic) bond motifs is 4. The first kappa shape index (κ1) is 34.0. The van der Waals surface area contributed by atoms with Crippen molar-refractivity contribution in [1.82, 2.24) is 9.55 Å². The van der Waals surface area contributed by atoms with Crippen LogP contribution in [0.2, 0.25) is 0 Å². The molecule has 8 aromatic rings. The molecular weight excluding hydrogens is 840 g/mol. The monoisotopic (exact) mass is 874 g/mol. The van der Waals surface area contributed by atoms with Gasteiger partial charge in [-0.15, -0.1) is 55.3 Å². The minimum Gasteiger partial charge on any atom is -0.319 e. The Kier molecular flexibility index (Phi) is 9.00. The normalized spacial score (nSPS) is 12.7. The molecule has 2 aromatic heterocycles. The van der Waals surface area contributed by atoms with Crippen molar-refractivity contribution in [3.8, 4) is 28.1 Å². The molecule has 0 radical (unpaired) electrons. The topological polar surface area (TPSA) is 37.1 Å². The van der Waals surface area contributed by atoms with E-state index in [1.807, 2.05) is 11.3 Å². The Morgan fingerprint density at radius 2 is 1.31 bits per heavy atom. The summed E-state index contributed by atoms with van der Waals surface area (Å²) in [4.78, 5) is 11.9. The maximum Gasteiger partial charge on any atom is 0.145 e. The van der Waals surface area contributed by atoms with Crippen molar-refractivity contribution in [3.63, 3.8) is 0 Å². The number of hydroxylamine groups is 1. The van der Waals surface area contributed by atoms with Gasteiger partial charge in [0.2, 0.25) is 0 Å². The van der Waals surface area contributed by atoms with E-state index in [2.05, 4.69) is 188 Å². The smallest absolute Gasteiger partial charge is 0.145 e. The van der Waals surface area contributed by atoms with Crippen molar-refractivity contribution in [3.05, 3.63) is 164 Å². The van der Waals surface area contributed by atoms with E-state index in [9.17, 15) is 0 Å². The summed E-state index contributed by atoms with van der Waals surface area (Å²) in [7, 11) is 0. The second-order valence-electron chi connectivity index (χ2n) is 13.6. The molecule has 52 heavy (non-hydrogen) atoms. The molecule has 0 spiro atoms. The first-order valence-corrected chi connectivity index (χ1v) is 17.9. The van der Waals surface area contributed by atoms with Crippen LogP contribution in [0.15, 0.2) is 162 Å². The minimum absolute atomic E-state index is 0. The molecule has 0 amide bonds. The van der Waals surface area contributed by atoms with E-state index in [1.54, 1.807) is 11.8 Å². The van der Waals surface area contributed by atoms with Crippen molar-refractivity contribution in [2.24, 2.45) is 0 Å². The number of benzene rings is 6. The third kappa shape index (κ3) is 6.11. The van der Waals surface area contributed by atoms with Gasteiger partial charge in [0.25, 0.3) is 0 Å². The number of nitrogens with zero attached hydrogens (tertiary/aromatic N) is 4. The second-order valence-corrected chi connectivity index (χ2v) is 14.7. The summed E-state index contributed by atoms with van der Waals surface area (Å²) < 4.78 is 2.24. The van der Waals surface area contributed by atoms with Crippen molar-refractivity contribution in [2.75, 3.05) is 10.1 Å². The zero-order valence-corrected chi connectivity index (χ0v) is 32.0. The van der Waals surface area contributed by atoms with E-state index < -0.39 is 0 Å². The van der Waals surface area contributed by atoms with Crippen LogP contribution in [0.1, 0.15) is 20.8 Å². The predicted octanol–water partition coefficient (Wildman–Crippen LogP) is 11.9. The van der Waals surface area contributed by atoms with E-state index in [4.69, 9.17) is 9.92 Å². The number of para-hydroxylation sites is 3. The van der Waals surface area contributed by atoms with Gasteiger partial charge in [0.15, 0.2) is 0 Å². The Balaban J connectivity index is 0.00000387. The van der Waals surface area contributed by atoms with Crippen LogP contribution in [0.5, 0.6) is 0 Å². The van der Waals surface area contributed by atoms with E-state index in [-0.39, 0.29) is 26.6 Å². The van der Waals surface area contributed by atoms with Gasteiger partial charge in [0.05, 0.1) is 0 Å². The van der Waals surface area contributed by atoms with Crippen molar-refractivity contribution in [2.45, 2.75) is 36.1 Å². The summed E-state index contributed by atoms with van der Waals surface area (Å²) in [6.07, 6.45) is 1.91. The molecule has 5 nitrogen and oxygen atoms in total. The summed E-state index contributed by atoms with van der Waals surface area (Å²) >= 11 is 1.65. The van der Waals surface area contributed by atoms with Crippen LogP contribution in [0.4, 0.5) is 17.1 Å². The molecular formula is C45H35N4OPtS-. The van der Waals surface area contributed by atoms with Crippen molar-refractivity contribution < 1.29 is 26.0 Å². The van der Waals surface area contributed by atoms with Crippen LogP contribution >= 0.6 is 11.8 Å². The van der Waals surface area contributed by atoms with Crippen LogP contribution in [0, 0.1) is 12.1 Å². The van der Waals surface area contributed by atoms with E-state index in [1.165, 1.54) is 22.1 Å². The zero-order valence-electron chi connectivity index (χ0n) is 28.9. The van der Waals surface area contributed by atoms with Crippen LogP contribution in [0.3, 0.4) is 0 Å². The second kappa shape index (κ2) is 13.8. The molecule has 9 rings (SSSR count). The molecule has 0 saturated carbocycles. The molecule has 1 aliphatic heterocycles. The Labute approximate surface area is 322 Å². The largest absolute Gasteiger partial charge is 0.319 e. The fourth-order valence-electron chi connectivity index (χ4n) is 6.90. The van der Waals surface area contributed by atoms with Gasteiger partial charge in [-0.25, -0.2) is 4.98 Å². The third-order valence-electron chi connectivity index (χ3n) is 9.21. The SMILES string of the molecule is CC(C)(C)N1[OH+]N(c2[c-]c(Sc3[c-]c4c(cc3)c3ccccc3n4-c3cc(-c4ccccc4-c4ccccc4)ccn3)ccc2)c2ccccc21.[Pt]. The average Bonchev–Trinajstić information content (AvgIpc) is 3.72. The number of rotatable bonds is 6. The van der Waals surface area contributed by atoms with Crippen LogP contribution in [-0.4, -0.2) is 20.0 Å². The Morgan fingerprint density at radius 1 is 0.615 bits per heavy atom. The van der Waals surface area contributed by atoms with E-state index in [0.29, 0.717) is 0 Å². The molecule has 0 aliphatic carbocycles. The molecule has 0 atom stereocenters. The molecule has 1 aliphatic rings. The fraction of sp³-hybridized carbons (Fsp3) is 0.0889. The third-order valence-corrected chi connectivity index (χ3v) is 10.1. The molecule has 0 fully saturated rings. The summed E-state index contributed by atoms with van der Waals surface area (Å²) in [5, 5.41) is 6.38. The van der Waals surface area contributed by atoms with Crippen LogP contribution in [-0.2, 0) is 21.1 Å². The minimum atomic E-state index is -0.167. The quantitative estimate of drug-likeness (QED) is 0.123. The number of pyridine rings is 1. The fourth-order valence-corrected chi connectivity index (χ4v) is 7.73. The van der Waals surface area contributed by atoms with Gasteiger partial charge in [0.1, 0.15) is 22.7 Å².